The number of halogens is 3. The van der Waals surface area contributed by atoms with Gasteiger partial charge < -0.3 is 5.73 Å². The van der Waals surface area contributed by atoms with Crippen molar-refractivity contribution in [1.29, 1.82) is 0 Å². The maximum Gasteiger partial charge on any atom is 0.265 e. The lowest BCUT2D eigenvalue weighted by atomic mass is 10.3. The van der Waals surface area contributed by atoms with E-state index in [1.807, 2.05) is 0 Å². The van der Waals surface area contributed by atoms with Crippen molar-refractivity contribution in [2.45, 2.75) is 11.3 Å². The van der Waals surface area contributed by atoms with Gasteiger partial charge in [0.05, 0.1) is 0 Å². The second-order valence-corrected chi connectivity index (χ2v) is 4.92. The van der Waals surface area contributed by atoms with Gasteiger partial charge in [0, 0.05) is 22.4 Å². The van der Waals surface area contributed by atoms with Crippen molar-refractivity contribution in [3.63, 3.8) is 0 Å². The molecule has 4 nitrogen and oxygen atoms in total. The lowest BCUT2D eigenvalue weighted by molar-refractivity contribution is 0.148. The molecule has 78 valence electrons. The average Bonchev–Trinajstić information content (AvgIpc) is 2.01. The molecule has 1 heterocycles. The van der Waals surface area contributed by atoms with Gasteiger partial charge in [0.25, 0.3) is 15.5 Å². The van der Waals surface area contributed by atoms with E-state index < -0.39 is 25.9 Å². The number of rotatable bonds is 2. The van der Waals surface area contributed by atoms with E-state index in [4.69, 9.17) is 16.4 Å². The second kappa shape index (κ2) is 3.66. The van der Waals surface area contributed by atoms with E-state index in [1.54, 1.807) is 0 Å². The number of hydrogen-bond acceptors (Lipinski definition) is 4. The van der Waals surface area contributed by atoms with Crippen LogP contribution in [0.25, 0.3) is 0 Å². The Balaban J connectivity index is 3.45. The Kier molecular flexibility index (Phi) is 2.91. The monoisotopic (exact) mass is 242 g/mol. The van der Waals surface area contributed by atoms with E-state index in [1.165, 1.54) is 0 Å². The maximum atomic E-state index is 12.3. The lowest BCUT2D eigenvalue weighted by Gasteiger charge is -2.05. The largest absolute Gasteiger partial charge is 0.384 e. The molecule has 8 heteroatoms. The molecule has 0 atom stereocenters. The fraction of sp³-hybridized carbons (Fsp3) is 0.167. The highest BCUT2D eigenvalue weighted by molar-refractivity contribution is 8.13. The van der Waals surface area contributed by atoms with Crippen LogP contribution in [0.5, 0.6) is 0 Å². The SMILES string of the molecule is Nc1cc(C(F)F)c(S(=O)(=O)Cl)cn1. The van der Waals surface area contributed by atoms with Gasteiger partial charge in [0.2, 0.25) is 0 Å². The fourth-order valence-corrected chi connectivity index (χ4v) is 1.84. The van der Waals surface area contributed by atoms with Crippen molar-refractivity contribution in [1.82, 2.24) is 4.98 Å². The summed E-state index contributed by atoms with van der Waals surface area (Å²) in [4.78, 5) is 2.65. The first-order valence-electron chi connectivity index (χ1n) is 3.30. The molecule has 0 fully saturated rings. The minimum absolute atomic E-state index is 0.190. The Labute approximate surface area is 83.1 Å². The number of anilines is 1. The highest BCUT2D eigenvalue weighted by Crippen LogP contribution is 2.28. The molecule has 0 bridgehead atoms. The molecule has 0 aliphatic carbocycles. The van der Waals surface area contributed by atoms with Gasteiger partial charge in [-0.2, -0.15) is 0 Å². The highest BCUT2D eigenvalue weighted by atomic mass is 35.7. The van der Waals surface area contributed by atoms with Crippen molar-refractivity contribution in [2.24, 2.45) is 0 Å². The zero-order valence-corrected chi connectivity index (χ0v) is 8.19. The number of nitrogens with two attached hydrogens (primary N) is 1. The molecule has 0 aliphatic heterocycles. The van der Waals surface area contributed by atoms with Crippen molar-refractivity contribution in [3.05, 3.63) is 17.8 Å². The molecule has 0 amide bonds. The van der Waals surface area contributed by atoms with Gasteiger partial charge in [0.1, 0.15) is 10.7 Å². The first-order valence-corrected chi connectivity index (χ1v) is 5.61. The van der Waals surface area contributed by atoms with Crippen LogP contribution in [-0.4, -0.2) is 13.4 Å². The summed E-state index contributed by atoms with van der Waals surface area (Å²) in [5.74, 6) is -0.190. The molecule has 2 N–H and O–H groups in total. The van der Waals surface area contributed by atoms with Gasteiger partial charge in [-0.1, -0.05) is 0 Å². The summed E-state index contributed by atoms with van der Waals surface area (Å²) in [6.07, 6.45) is -2.26. The molecule has 0 aliphatic rings. The minimum atomic E-state index is -4.22. The fourth-order valence-electron chi connectivity index (χ4n) is 0.850. The lowest BCUT2D eigenvalue weighted by Crippen LogP contribution is -2.02. The smallest absolute Gasteiger partial charge is 0.265 e. The van der Waals surface area contributed by atoms with Gasteiger partial charge in [-0.25, -0.2) is 22.2 Å². The van der Waals surface area contributed by atoms with Crippen LogP contribution in [0.4, 0.5) is 14.6 Å². The summed E-state index contributed by atoms with van der Waals surface area (Å²) in [6, 6.07) is 0.778. The number of aromatic nitrogens is 1. The Morgan fingerprint density at radius 1 is 1.50 bits per heavy atom. The maximum absolute atomic E-state index is 12.3. The summed E-state index contributed by atoms with van der Waals surface area (Å²) >= 11 is 0. The number of alkyl halides is 2. The van der Waals surface area contributed by atoms with E-state index in [-0.39, 0.29) is 5.82 Å². The predicted molar refractivity (Wildman–Crippen MR) is 46.6 cm³/mol. The molecular formula is C6H5ClF2N2O2S. The third kappa shape index (κ3) is 2.30. The molecule has 0 saturated heterocycles. The van der Waals surface area contributed by atoms with Crippen molar-refractivity contribution in [2.75, 3.05) is 5.73 Å². The van der Waals surface area contributed by atoms with Crippen LogP contribution < -0.4 is 5.73 Å². The second-order valence-electron chi connectivity index (χ2n) is 2.39. The average molecular weight is 243 g/mol. The van der Waals surface area contributed by atoms with Crippen molar-refractivity contribution in [3.8, 4) is 0 Å². The molecule has 1 rings (SSSR count). The van der Waals surface area contributed by atoms with Crippen LogP contribution in [0.15, 0.2) is 17.2 Å². The van der Waals surface area contributed by atoms with Crippen LogP contribution >= 0.6 is 10.7 Å². The summed E-state index contributed by atoms with van der Waals surface area (Å²) in [5.41, 5.74) is 4.38. The number of nitrogen functional groups attached to an aromatic ring is 1. The van der Waals surface area contributed by atoms with Crippen LogP contribution in [0.2, 0.25) is 0 Å². The topological polar surface area (TPSA) is 73.1 Å². The van der Waals surface area contributed by atoms with Gasteiger partial charge in [-0.3, -0.25) is 0 Å². The third-order valence-electron chi connectivity index (χ3n) is 1.42. The van der Waals surface area contributed by atoms with Crippen LogP contribution in [-0.2, 0) is 9.05 Å². The van der Waals surface area contributed by atoms with Crippen molar-refractivity contribution >= 4 is 25.6 Å². The third-order valence-corrected chi connectivity index (χ3v) is 2.78. The summed E-state index contributed by atoms with van der Waals surface area (Å²) in [5, 5.41) is 0. The standard InChI is InChI=1S/C6H5ClF2N2O2S/c7-14(12,13)4-2-11-5(10)1-3(4)6(8)9/h1-2,6H,(H2,10,11). The van der Waals surface area contributed by atoms with Crippen LogP contribution in [0.3, 0.4) is 0 Å². The molecular weight excluding hydrogens is 238 g/mol. The quantitative estimate of drug-likeness (QED) is 0.798. The number of hydrogen-bond donors (Lipinski definition) is 1. The molecule has 0 aromatic carbocycles. The molecule has 1 aromatic heterocycles. The van der Waals surface area contributed by atoms with E-state index >= 15 is 0 Å². The zero-order valence-electron chi connectivity index (χ0n) is 6.62. The molecule has 1 aromatic rings. The summed E-state index contributed by atoms with van der Waals surface area (Å²) in [6.45, 7) is 0. The summed E-state index contributed by atoms with van der Waals surface area (Å²) < 4.78 is 46.3. The van der Waals surface area contributed by atoms with Gasteiger partial charge in [-0.15, -0.1) is 0 Å². The summed E-state index contributed by atoms with van der Waals surface area (Å²) in [7, 11) is 0.697. The highest BCUT2D eigenvalue weighted by Gasteiger charge is 2.22. The van der Waals surface area contributed by atoms with E-state index in [0.717, 1.165) is 6.07 Å². The van der Waals surface area contributed by atoms with Crippen LogP contribution in [0, 0.1) is 0 Å². The predicted octanol–water partition coefficient (Wildman–Crippen LogP) is 1.53. The zero-order chi connectivity index (χ0) is 10.9. The first kappa shape index (κ1) is 11.1. The van der Waals surface area contributed by atoms with Crippen molar-refractivity contribution < 1.29 is 17.2 Å². The van der Waals surface area contributed by atoms with Crippen LogP contribution in [0.1, 0.15) is 12.0 Å². The van der Waals surface area contributed by atoms with Gasteiger partial charge >= 0.3 is 0 Å². The minimum Gasteiger partial charge on any atom is -0.384 e. The molecule has 0 spiro atoms. The number of pyridine rings is 1. The van der Waals surface area contributed by atoms with E-state index in [2.05, 4.69) is 4.98 Å². The molecule has 0 unspecified atom stereocenters. The molecule has 14 heavy (non-hydrogen) atoms. The van der Waals surface area contributed by atoms with E-state index in [0.29, 0.717) is 6.20 Å². The van der Waals surface area contributed by atoms with Gasteiger partial charge in [-0.05, 0) is 6.07 Å². The van der Waals surface area contributed by atoms with E-state index in [9.17, 15) is 17.2 Å². The Hall–Kier alpha value is -0.950. The Morgan fingerprint density at radius 2 is 2.07 bits per heavy atom. The normalized spacial score (nSPS) is 12.0. The Morgan fingerprint density at radius 3 is 2.50 bits per heavy atom. The van der Waals surface area contributed by atoms with Gasteiger partial charge in [0.15, 0.2) is 0 Å². The first-order chi connectivity index (χ1) is 6.32. The molecule has 0 saturated carbocycles. The molecule has 0 radical (unpaired) electrons. The Bertz CT molecular complexity index is 449. The number of nitrogens with zero attached hydrogens (tertiary/aromatic N) is 1.